The third-order valence-corrected chi connectivity index (χ3v) is 7.17. The van der Waals surface area contributed by atoms with Gasteiger partial charge in [0, 0.05) is 56.4 Å². The smallest absolute Gasteiger partial charge is 0.210 e. The fourth-order valence-corrected chi connectivity index (χ4v) is 5.10. The van der Waals surface area contributed by atoms with E-state index in [2.05, 4.69) is 74.0 Å². The molecule has 4 aromatic heterocycles. The van der Waals surface area contributed by atoms with Crippen LogP contribution in [-0.2, 0) is 12.5 Å². The number of hydrogen-bond acceptors (Lipinski definition) is 10. The number of anilines is 3. The number of nitrogens with two attached hydrogens (primary N) is 1. The van der Waals surface area contributed by atoms with Gasteiger partial charge in [0.25, 0.3) is 0 Å². The Morgan fingerprint density at radius 1 is 1.21 bits per heavy atom. The summed E-state index contributed by atoms with van der Waals surface area (Å²) in [5.41, 5.74) is 8.50. The molecule has 0 aliphatic carbocycles. The highest BCUT2D eigenvalue weighted by molar-refractivity contribution is 6.36. The van der Waals surface area contributed by atoms with Gasteiger partial charge in [-0.3, -0.25) is 4.68 Å². The minimum Gasteiger partial charge on any atom is -0.450 e. The Kier molecular flexibility index (Phi) is 7.08. The molecule has 13 heteroatoms. The molecule has 1 saturated heterocycles. The van der Waals surface area contributed by atoms with Crippen molar-refractivity contribution in [3.63, 3.8) is 0 Å². The molecule has 206 valence electrons. The lowest BCUT2D eigenvalue weighted by Gasteiger charge is -2.23. The number of imidazole rings is 1. The summed E-state index contributed by atoms with van der Waals surface area (Å²) in [6.45, 7) is 8.64. The summed E-state index contributed by atoms with van der Waals surface area (Å²) in [5, 5.41) is 11.6. The van der Waals surface area contributed by atoms with E-state index in [1.165, 1.54) is 18.1 Å². The Bertz CT molecular complexity index is 1530. The second-order valence-corrected chi connectivity index (χ2v) is 11.1. The van der Waals surface area contributed by atoms with E-state index in [-0.39, 0.29) is 11.2 Å². The van der Waals surface area contributed by atoms with Crippen LogP contribution < -0.4 is 21.1 Å². The lowest BCUT2D eigenvalue weighted by Crippen LogP contribution is -2.24. The van der Waals surface area contributed by atoms with Gasteiger partial charge in [0.1, 0.15) is 16.2 Å². The number of rotatable bonds is 7. The van der Waals surface area contributed by atoms with Crippen molar-refractivity contribution in [2.24, 2.45) is 12.8 Å². The standard InChI is InChI=1S/C26H34ClN11O/c1-26(2,3)18-11-19(35-38(18)15-7-10-36(5)14-15)33-25-34-24-22(37(25)6)20(27)17(13-32-24)39-16(12-28)21-23(29-4)31-9-8-30-21/h8-9,11-13,15H,7,10,14,28H2,1-6H3,(H,29,31)(H,32,33,34,35)/b16-12+/t15-/m0/s1. The van der Waals surface area contributed by atoms with Crippen LogP contribution in [0.4, 0.5) is 17.6 Å². The van der Waals surface area contributed by atoms with Crippen molar-refractivity contribution in [3.05, 3.63) is 47.3 Å². The van der Waals surface area contributed by atoms with Gasteiger partial charge in [-0.15, -0.1) is 0 Å². The number of aryl methyl sites for hydroxylation is 1. The van der Waals surface area contributed by atoms with E-state index in [1.807, 2.05) is 11.6 Å². The quantitative estimate of drug-likeness (QED) is 0.290. The lowest BCUT2D eigenvalue weighted by atomic mass is 9.91. The minimum atomic E-state index is -0.0674. The zero-order valence-electron chi connectivity index (χ0n) is 23.0. The highest BCUT2D eigenvalue weighted by Crippen LogP contribution is 2.36. The van der Waals surface area contributed by atoms with Gasteiger partial charge in [-0.25, -0.2) is 15.0 Å². The van der Waals surface area contributed by atoms with Crippen LogP contribution in [0.25, 0.3) is 16.9 Å². The van der Waals surface area contributed by atoms with E-state index in [9.17, 15) is 0 Å². The second-order valence-electron chi connectivity index (χ2n) is 10.7. The molecule has 0 amide bonds. The summed E-state index contributed by atoms with van der Waals surface area (Å²) in [5.74, 6) is 2.40. The Hall–Kier alpha value is -3.90. The number of ether oxygens (including phenoxy) is 1. The molecule has 0 aromatic carbocycles. The highest BCUT2D eigenvalue weighted by atomic mass is 35.5. The normalized spacial score (nSPS) is 16.7. The van der Waals surface area contributed by atoms with Gasteiger partial charge in [0.15, 0.2) is 28.8 Å². The van der Waals surface area contributed by atoms with Gasteiger partial charge in [-0.05, 0) is 20.0 Å². The highest BCUT2D eigenvalue weighted by Gasteiger charge is 2.29. The topological polar surface area (TPSA) is 137 Å². The molecule has 0 radical (unpaired) electrons. The zero-order valence-corrected chi connectivity index (χ0v) is 23.8. The minimum absolute atomic E-state index is 0.0674. The SMILES string of the molecule is CNc1nccnc1/C(=C\N)Oc1cnc2nc(Nc3cc(C(C)(C)C)n([C@H]4CCN(C)C4)n3)n(C)c2c1Cl. The molecular weight excluding hydrogens is 518 g/mol. The van der Waals surface area contributed by atoms with Crippen LogP contribution in [0.1, 0.15) is 44.6 Å². The number of likely N-dealkylation sites (tertiary alicyclic amines) is 1. The third-order valence-electron chi connectivity index (χ3n) is 6.80. The third kappa shape index (κ3) is 5.09. The largest absolute Gasteiger partial charge is 0.450 e. The van der Waals surface area contributed by atoms with Gasteiger partial charge in [-0.1, -0.05) is 32.4 Å². The van der Waals surface area contributed by atoms with Crippen LogP contribution in [-0.4, -0.2) is 66.4 Å². The Morgan fingerprint density at radius 3 is 2.64 bits per heavy atom. The number of nitrogens with zero attached hydrogens (tertiary/aromatic N) is 8. The molecule has 0 saturated carbocycles. The Morgan fingerprint density at radius 2 is 1.97 bits per heavy atom. The van der Waals surface area contributed by atoms with Crippen molar-refractivity contribution in [2.75, 3.05) is 37.8 Å². The van der Waals surface area contributed by atoms with E-state index < -0.39 is 0 Å². The monoisotopic (exact) mass is 551 g/mol. The molecule has 12 nitrogen and oxygen atoms in total. The molecule has 5 rings (SSSR count). The average molecular weight is 552 g/mol. The molecule has 0 spiro atoms. The second kappa shape index (κ2) is 10.3. The van der Waals surface area contributed by atoms with Gasteiger partial charge in [0.2, 0.25) is 5.95 Å². The average Bonchev–Trinajstić information content (AvgIpc) is 3.61. The zero-order chi connectivity index (χ0) is 27.9. The van der Waals surface area contributed by atoms with Crippen LogP contribution in [0.15, 0.2) is 30.9 Å². The van der Waals surface area contributed by atoms with E-state index in [0.29, 0.717) is 45.4 Å². The predicted octanol–water partition coefficient (Wildman–Crippen LogP) is 3.90. The molecule has 39 heavy (non-hydrogen) atoms. The van der Waals surface area contributed by atoms with Gasteiger partial charge in [-0.2, -0.15) is 10.1 Å². The number of hydrogen-bond donors (Lipinski definition) is 3. The molecular formula is C26H34ClN11O. The van der Waals surface area contributed by atoms with E-state index in [0.717, 1.165) is 25.3 Å². The van der Waals surface area contributed by atoms with Crippen LogP contribution in [0.3, 0.4) is 0 Å². The van der Waals surface area contributed by atoms with Crippen LogP contribution >= 0.6 is 11.6 Å². The molecule has 4 N–H and O–H groups in total. The number of aromatic nitrogens is 7. The number of likely N-dealkylation sites (N-methyl/N-ethyl adjacent to an activating group) is 1. The van der Waals surface area contributed by atoms with Gasteiger partial charge in [0.05, 0.1) is 12.2 Å². The van der Waals surface area contributed by atoms with Crippen LogP contribution in [0, 0.1) is 0 Å². The van der Waals surface area contributed by atoms with E-state index >= 15 is 0 Å². The number of halogens is 1. The fraction of sp³-hybridized carbons (Fsp3) is 0.423. The number of nitrogens with one attached hydrogen (secondary N) is 2. The molecule has 1 atom stereocenters. The predicted molar refractivity (Wildman–Crippen MR) is 153 cm³/mol. The molecule has 1 aliphatic heterocycles. The Balaban J connectivity index is 1.47. The number of pyridine rings is 1. The van der Waals surface area contributed by atoms with Crippen molar-refractivity contribution in [1.82, 2.24) is 39.2 Å². The molecule has 0 unspecified atom stereocenters. The molecule has 1 fully saturated rings. The maximum Gasteiger partial charge on any atom is 0.210 e. The fourth-order valence-electron chi connectivity index (χ4n) is 4.80. The first-order valence-corrected chi connectivity index (χ1v) is 13.1. The summed E-state index contributed by atoms with van der Waals surface area (Å²) in [7, 11) is 5.75. The maximum atomic E-state index is 6.82. The summed E-state index contributed by atoms with van der Waals surface area (Å²) < 4.78 is 10.1. The first-order valence-electron chi connectivity index (χ1n) is 12.8. The van der Waals surface area contributed by atoms with E-state index in [1.54, 1.807) is 19.4 Å². The van der Waals surface area contributed by atoms with E-state index in [4.69, 9.17) is 27.2 Å². The number of fused-ring (bicyclic) bond motifs is 1. The van der Waals surface area contributed by atoms with Crippen molar-refractivity contribution < 1.29 is 4.74 Å². The van der Waals surface area contributed by atoms with Crippen molar-refractivity contribution >= 4 is 46.1 Å². The van der Waals surface area contributed by atoms with Crippen molar-refractivity contribution in [2.45, 2.75) is 38.6 Å². The maximum absolute atomic E-state index is 6.82. The lowest BCUT2D eigenvalue weighted by molar-refractivity contribution is 0.366. The van der Waals surface area contributed by atoms with Gasteiger partial charge >= 0.3 is 0 Å². The van der Waals surface area contributed by atoms with Gasteiger partial charge < -0.3 is 30.6 Å². The first kappa shape index (κ1) is 26.7. The van der Waals surface area contributed by atoms with Crippen LogP contribution in [0.5, 0.6) is 5.75 Å². The Labute approximate surface area is 232 Å². The summed E-state index contributed by atoms with van der Waals surface area (Å²) in [4.78, 5) is 20.1. The molecule has 0 bridgehead atoms. The molecule has 5 heterocycles. The molecule has 4 aromatic rings. The van der Waals surface area contributed by atoms with Crippen molar-refractivity contribution in [1.29, 1.82) is 0 Å². The first-order chi connectivity index (χ1) is 18.6. The summed E-state index contributed by atoms with van der Waals surface area (Å²) >= 11 is 6.82. The van der Waals surface area contributed by atoms with Crippen LogP contribution in [0.2, 0.25) is 5.02 Å². The summed E-state index contributed by atoms with van der Waals surface area (Å²) in [6, 6.07) is 2.43. The summed E-state index contributed by atoms with van der Waals surface area (Å²) in [6.07, 6.45) is 7.03. The molecule has 1 aliphatic rings. The van der Waals surface area contributed by atoms with Crippen molar-refractivity contribution in [3.8, 4) is 5.75 Å².